The van der Waals surface area contributed by atoms with Gasteiger partial charge in [-0.1, -0.05) is 0 Å². The zero-order valence-corrected chi connectivity index (χ0v) is 17.0. The van der Waals surface area contributed by atoms with E-state index in [9.17, 15) is 18.5 Å². The molecule has 1 saturated carbocycles. The zero-order valence-electron chi connectivity index (χ0n) is 15.3. The molecule has 3 aliphatic rings. The van der Waals surface area contributed by atoms with Crippen LogP contribution in [0, 0.1) is 16.0 Å². The van der Waals surface area contributed by atoms with E-state index >= 15 is 0 Å². The summed E-state index contributed by atoms with van der Waals surface area (Å²) < 4.78 is 38.3. The van der Waals surface area contributed by atoms with Crippen molar-refractivity contribution in [3.05, 3.63) is 22.2 Å². The van der Waals surface area contributed by atoms with Crippen molar-refractivity contribution in [3.63, 3.8) is 0 Å². The van der Waals surface area contributed by atoms with Crippen molar-refractivity contribution < 1.29 is 22.8 Å². The Bertz CT molecular complexity index is 838. The lowest BCUT2D eigenvalue weighted by Gasteiger charge is -2.32. The van der Waals surface area contributed by atoms with Crippen LogP contribution in [0.25, 0.3) is 0 Å². The molecule has 0 aromatic heterocycles. The normalized spacial score (nSPS) is 20.4. The van der Waals surface area contributed by atoms with Gasteiger partial charge in [-0.3, -0.25) is 10.1 Å². The lowest BCUT2D eigenvalue weighted by molar-refractivity contribution is -0.388. The fraction of sp³-hybridized carbons (Fsp3) is 0.647. The van der Waals surface area contributed by atoms with Crippen molar-refractivity contribution in [3.8, 4) is 11.5 Å². The molecule has 0 radical (unpaired) electrons. The Morgan fingerprint density at radius 1 is 1.11 bits per heavy atom. The van der Waals surface area contributed by atoms with Crippen molar-refractivity contribution in [2.45, 2.75) is 36.6 Å². The van der Waals surface area contributed by atoms with Crippen LogP contribution in [0.3, 0.4) is 0 Å². The quantitative estimate of drug-likeness (QED) is 0.539. The number of hydrogen-bond acceptors (Lipinski definition) is 7. The van der Waals surface area contributed by atoms with Crippen LogP contribution in [-0.4, -0.2) is 56.5 Å². The van der Waals surface area contributed by atoms with E-state index in [-0.39, 0.29) is 42.0 Å². The van der Waals surface area contributed by atoms with Crippen molar-refractivity contribution in [1.82, 2.24) is 9.62 Å². The molecular formula is C17H24ClN3O6S. The van der Waals surface area contributed by atoms with Gasteiger partial charge in [-0.05, 0) is 38.1 Å². The molecule has 1 aromatic rings. The minimum atomic E-state index is -3.99. The molecule has 11 heteroatoms. The Hall–Kier alpha value is -1.62. The van der Waals surface area contributed by atoms with Crippen molar-refractivity contribution in [2.75, 3.05) is 32.8 Å². The Balaban J connectivity index is 0.00000225. The third-order valence-corrected chi connectivity index (χ3v) is 7.21. The maximum absolute atomic E-state index is 13.1. The lowest BCUT2D eigenvalue weighted by atomic mass is 10.1. The van der Waals surface area contributed by atoms with Crippen LogP contribution in [0.2, 0.25) is 0 Å². The SMILES string of the molecule is Cl.O=[N+]([O-])c1cc2c(cc1S(=O)(=O)N1CCC(NCC3CC3)CC1)OCCO2. The molecule has 28 heavy (non-hydrogen) atoms. The fourth-order valence-electron chi connectivity index (χ4n) is 3.50. The summed E-state index contributed by atoms with van der Waals surface area (Å²) in [5.41, 5.74) is -0.478. The molecule has 1 N–H and O–H groups in total. The summed E-state index contributed by atoms with van der Waals surface area (Å²) in [7, 11) is -3.99. The number of sulfonamides is 1. The minimum absolute atomic E-state index is 0. The highest BCUT2D eigenvalue weighted by Crippen LogP contribution is 2.40. The summed E-state index contributed by atoms with van der Waals surface area (Å²) in [5, 5.41) is 15.0. The molecule has 0 amide bonds. The van der Waals surface area contributed by atoms with E-state index < -0.39 is 20.6 Å². The molecule has 1 aromatic carbocycles. The second-order valence-electron chi connectivity index (χ2n) is 7.25. The number of halogens is 1. The van der Waals surface area contributed by atoms with Gasteiger partial charge in [-0.15, -0.1) is 12.4 Å². The topological polar surface area (TPSA) is 111 Å². The first kappa shape index (κ1) is 21.1. The fourth-order valence-corrected chi connectivity index (χ4v) is 5.13. The summed E-state index contributed by atoms with van der Waals surface area (Å²) in [6.07, 6.45) is 3.94. The Labute approximate surface area is 170 Å². The Morgan fingerprint density at radius 3 is 2.29 bits per heavy atom. The molecule has 156 valence electrons. The molecule has 0 atom stereocenters. The molecule has 1 aliphatic carbocycles. The molecule has 2 aliphatic heterocycles. The standard InChI is InChI=1S/C17H23N3O6S.ClH/c21-20(22)14-9-15-16(26-8-7-25-15)10-17(14)27(23,24)19-5-3-13(4-6-19)18-11-12-1-2-12;/h9-10,12-13,18H,1-8,11H2;1H. The monoisotopic (exact) mass is 433 g/mol. The van der Waals surface area contributed by atoms with Crippen molar-refractivity contribution >= 4 is 28.1 Å². The number of benzene rings is 1. The first-order valence-electron chi connectivity index (χ1n) is 9.27. The number of nitrogens with zero attached hydrogens (tertiary/aromatic N) is 2. The largest absolute Gasteiger partial charge is 0.486 e. The number of fused-ring (bicyclic) bond motifs is 1. The second-order valence-corrected chi connectivity index (χ2v) is 9.16. The van der Waals surface area contributed by atoms with Gasteiger partial charge in [0.1, 0.15) is 13.2 Å². The molecule has 0 bridgehead atoms. The van der Waals surface area contributed by atoms with E-state index in [1.54, 1.807) is 0 Å². The van der Waals surface area contributed by atoms with Gasteiger partial charge in [0.05, 0.1) is 11.0 Å². The molecule has 1 saturated heterocycles. The first-order valence-corrected chi connectivity index (χ1v) is 10.7. The summed E-state index contributed by atoms with van der Waals surface area (Å²) in [5.74, 6) is 1.20. The van der Waals surface area contributed by atoms with E-state index in [2.05, 4.69) is 5.32 Å². The van der Waals surface area contributed by atoms with Crippen molar-refractivity contribution in [1.29, 1.82) is 0 Å². The number of rotatable bonds is 6. The van der Waals surface area contributed by atoms with Crippen LogP contribution in [-0.2, 0) is 10.0 Å². The molecule has 4 rings (SSSR count). The smallest absolute Gasteiger partial charge is 0.293 e. The van der Waals surface area contributed by atoms with Gasteiger partial charge in [0.15, 0.2) is 16.4 Å². The number of nitro benzene ring substituents is 1. The average Bonchev–Trinajstić information content (AvgIpc) is 3.50. The van der Waals surface area contributed by atoms with Crippen LogP contribution in [0.4, 0.5) is 5.69 Å². The zero-order chi connectivity index (χ0) is 19.0. The summed E-state index contributed by atoms with van der Waals surface area (Å²) in [4.78, 5) is 10.4. The van der Waals surface area contributed by atoms with Crippen LogP contribution in [0.15, 0.2) is 17.0 Å². The summed E-state index contributed by atoms with van der Waals surface area (Å²) in [6, 6.07) is 2.66. The predicted molar refractivity (Wildman–Crippen MR) is 104 cm³/mol. The van der Waals surface area contributed by atoms with E-state index in [0.717, 1.165) is 18.5 Å². The maximum Gasteiger partial charge on any atom is 0.293 e. The van der Waals surface area contributed by atoms with Crippen LogP contribution < -0.4 is 14.8 Å². The molecule has 2 fully saturated rings. The molecule has 0 unspecified atom stereocenters. The van der Waals surface area contributed by atoms with Gasteiger partial charge < -0.3 is 14.8 Å². The Kier molecular flexibility index (Phi) is 6.33. The number of nitrogens with one attached hydrogen (secondary N) is 1. The molecule has 9 nitrogen and oxygen atoms in total. The number of ether oxygens (including phenoxy) is 2. The van der Waals surface area contributed by atoms with Gasteiger partial charge in [0.2, 0.25) is 10.0 Å². The predicted octanol–water partition coefficient (Wildman–Crippen LogP) is 1.94. The molecular weight excluding hydrogens is 410 g/mol. The van der Waals surface area contributed by atoms with Crippen molar-refractivity contribution in [2.24, 2.45) is 5.92 Å². The number of piperidine rings is 1. The highest BCUT2D eigenvalue weighted by atomic mass is 35.5. The summed E-state index contributed by atoms with van der Waals surface area (Å²) >= 11 is 0. The highest BCUT2D eigenvalue weighted by Gasteiger charge is 2.36. The van der Waals surface area contributed by atoms with Gasteiger partial charge in [-0.2, -0.15) is 4.31 Å². The van der Waals surface area contributed by atoms with Gasteiger partial charge in [0.25, 0.3) is 5.69 Å². The van der Waals surface area contributed by atoms with E-state index in [1.807, 2.05) is 0 Å². The number of nitro groups is 1. The second kappa shape index (κ2) is 8.40. The molecule has 0 spiro atoms. The van der Waals surface area contributed by atoms with Gasteiger partial charge in [-0.25, -0.2) is 8.42 Å². The molecule has 2 heterocycles. The van der Waals surface area contributed by atoms with E-state index in [1.165, 1.54) is 23.2 Å². The van der Waals surface area contributed by atoms with E-state index in [4.69, 9.17) is 9.47 Å². The van der Waals surface area contributed by atoms with Gasteiger partial charge in [0, 0.05) is 25.2 Å². The summed E-state index contributed by atoms with van der Waals surface area (Å²) in [6.45, 7) is 2.23. The maximum atomic E-state index is 13.1. The first-order chi connectivity index (χ1) is 12.9. The highest BCUT2D eigenvalue weighted by molar-refractivity contribution is 7.89. The number of hydrogen-bond donors (Lipinski definition) is 1. The van der Waals surface area contributed by atoms with Gasteiger partial charge >= 0.3 is 0 Å². The van der Waals surface area contributed by atoms with Crippen LogP contribution in [0.1, 0.15) is 25.7 Å². The minimum Gasteiger partial charge on any atom is -0.486 e. The Morgan fingerprint density at radius 2 is 1.71 bits per heavy atom. The van der Waals surface area contributed by atoms with Crippen LogP contribution in [0.5, 0.6) is 11.5 Å². The van der Waals surface area contributed by atoms with Crippen LogP contribution >= 0.6 is 12.4 Å². The average molecular weight is 434 g/mol. The third kappa shape index (κ3) is 4.35. The third-order valence-electron chi connectivity index (χ3n) is 5.28. The van der Waals surface area contributed by atoms with E-state index in [0.29, 0.717) is 32.0 Å². The lowest BCUT2D eigenvalue weighted by Crippen LogP contribution is -2.45.